The van der Waals surface area contributed by atoms with Gasteiger partial charge < -0.3 is 9.64 Å². The van der Waals surface area contributed by atoms with Crippen molar-refractivity contribution < 1.29 is 14.3 Å². The highest BCUT2D eigenvalue weighted by atomic mass is 16.5. The summed E-state index contributed by atoms with van der Waals surface area (Å²) in [4.78, 5) is 25.5. The highest BCUT2D eigenvalue weighted by Crippen LogP contribution is 2.15. The zero-order valence-corrected chi connectivity index (χ0v) is 11.0. The molecule has 1 saturated heterocycles. The Hall–Kier alpha value is -1.43. The van der Waals surface area contributed by atoms with Crippen molar-refractivity contribution in [2.24, 2.45) is 5.10 Å². The van der Waals surface area contributed by atoms with Crippen LogP contribution >= 0.6 is 0 Å². The van der Waals surface area contributed by atoms with Gasteiger partial charge in [-0.25, -0.2) is 5.01 Å². The standard InChI is InChI=1S/C12H19N3O3/c1-8-7-18-9(2)6-15(8)12(17)10-4-5-11(16)14(3)13-10/h8-9H,4-7H2,1-3H3. The second-order valence-electron chi connectivity index (χ2n) is 4.91. The molecule has 18 heavy (non-hydrogen) atoms. The van der Waals surface area contributed by atoms with Crippen LogP contribution in [-0.2, 0) is 14.3 Å². The molecule has 0 aromatic carbocycles. The first-order chi connectivity index (χ1) is 8.49. The van der Waals surface area contributed by atoms with Gasteiger partial charge >= 0.3 is 0 Å². The summed E-state index contributed by atoms with van der Waals surface area (Å²) in [6, 6.07) is 0.0549. The lowest BCUT2D eigenvalue weighted by atomic mass is 10.1. The van der Waals surface area contributed by atoms with Crippen molar-refractivity contribution in [2.45, 2.75) is 38.8 Å². The highest BCUT2D eigenvalue weighted by molar-refractivity contribution is 6.39. The molecule has 1 fully saturated rings. The third-order valence-electron chi connectivity index (χ3n) is 3.32. The Bertz CT molecular complexity index is 394. The third kappa shape index (κ3) is 2.53. The summed E-state index contributed by atoms with van der Waals surface area (Å²) in [7, 11) is 1.58. The van der Waals surface area contributed by atoms with E-state index in [1.165, 1.54) is 5.01 Å². The van der Waals surface area contributed by atoms with Gasteiger partial charge in [0.1, 0.15) is 5.71 Å². The smallest absolute Gasteiger partial charge is 0.270 e. The van der Waals surface area contributed by atoms with Crippen molar-refractivity contribution in [3.63, 3.8) is 0 Å². The van der Waals surface area contributed by atoms with Crippen LogP contribution in [0.1, 0.15) is 26.7 Å². The van der Waals surface area contributed by atoms with Crippen LogP contribution in [0.2, 0.25) is 0 Å². The second kappa shape index (κ2) is 5.06. The Labute approximate surface area is 107 Å². The summed E-state index contributed by atoms with van der Waals surface area (Å²) in [6.07, 6.45) is 0.837. The van der Waals surface area contributed by atoms with Gasteiger partial charge in [0.2, 0.25) is 5.91 Å². The Morgan fingerprint density at radius 1 is 1.39 bits per heavy atom. The van der Waals surface area contributed by atoms with E-state index in [0.29, 0.717) is 31.7 Å². The number of morpholine rings is 1. The van der Waals surface area contributed by atoms with E-state index in [1.807, 2.05) is 13.8 Å². The Balaban J connectivity index is 2.11. The molecule has 0 aromatic heterocycles. The lowest BCUT2D eigenvalue weighted by molar-refractivity contribution is -0.136. The molecular formula is C12H19N3O3. The molecule has 0 bridgehead atoms. The van der Waals surface area contributed by atoms with Gasteiger partial charge in [-0.2, -0.15) is 5.10 Å². The number of hydrogen-bond donors (Lipinski definition) is 0. The maximum Gasteiger partial charge on any atom is 0.270 e. The number of rotatable bonds is 1. The SMILES string of the molecule is CC1CN(C(=O)C2=NN(C)C(=O)CC2)C(C)CO1. The minimum Gasteiger partial charge on any atom is -0.375 e. The minimum atomic E-state index is -0.0722. The molecule has 0 spiro atoms. The van der Waals surface area contributed by atoms with Crippen LogP contribution in [0.25, 0.3) is 0 Å². The summed E-state index contributed by atoms with van der Waals surface area (Å²) in [5.74, 6) is -0.119. The van der Waals surface area contributed by atoms with Crippen LogP contribution in [0.5, 0.6) is 0 Å². The van der Waals surface area contributed by atoms with Crippen LogP contribution in [0.4, 0.5) is 0 Å². The lowest BCUT2D eigenvalue weighted by Gasteiger charge is -2.37. The van der Waals surface area contributed by atoms with Gasteiger partial charge in [0.15, 0.2) is 0 Å². The van der Waals surface area contributed by atoms with Crippen LogP contribution < -0.4 is 0 Å². The second-order valence-corrected chi connectivity index (χ2v) is 4.91. The van der Waals surface area contributed by atoms with E-state index in [0.717, 1.165) is 0 Å². The van der Waals surface area contributed by atoms with E-state index in [4.69, 9.17) is 4.74 Å². The van der Waals surface area contributed by atoms with Crippen molar-refractivity contribution in [2.75, 3.05) is 20.2 Å². The van der Waals surface area contributed by atoms with Gasteiger partial charge in [-0.05, 0) is 13.8 Å². The molecule has 2 aliphatic heterocycles. The van der Waals surface area contributed by atoms with E-state index < -0.39 is 0 Å². The normalized spacial score (nSPS) is 29.3. The molecule has 100 valence electrons. The number of carbonyl (C=O) groups excluding carboxylic acids is 2. The summed E-state index contributed by atoms with van der Waals surface area (Å²) >= 11 is 0. The average molecular weight is 253 g/mol. The molecule has 0 aliphatic carbocycles. The number of ether oxygens (including phenoxy) is 1. The molecule has 6 heteroatoms. The van der Waals surface area contributed by atoms with E-state index >= 15 is 0 Å². The summed E-state index contributed by atoms with van der Waals surface area (Å²) < 4.78 is 5.50. The zero-order valence-electron chi connectivity index (χ0n) is 11.0. The van der Waals surface area contributed by atoms with Gasteiger partial charge in [0, 0.05) is 26.4 Å². The number of hydrogen-bond acceptors (Lipinski definition) is 4. The van der Waals surface area contributed by atoms with Crippen LogP contribution in [0, 0.1) is 0 Å². The topological polar surface area (TPSA) is 62.2 Å². The molecule has 0 N–H and O–H groups in total. The maximum absolute atomic E-state index is 12.4. The van der Waals surface area contributed by atoms with Crippen LogP contribution in [-0.4, -0.2) is 59.8 Å². The molecule has 0 saturated carbocycles. The number of carbonyl (C=O) groups is 2. The molecule has 2 atom stereocenters. The fourth-order valence-corrected chi connectivity index (χ4v) is 2.18. The summed E-state index contributed by atoms with van der Waals surface area (Å²) in [6.45, 7) is 5.04. The largest absolute Gasteiger partial charge is 0.375 e. The third-order valence-corrected chi connectivity index (χ3v) is 3.32. The van der Waals surface area contributed by atoms with E-state index in [2.05, 4.69) is 5.10 Å². The van der Waals surface area contributed by atoms with Crippen molar-refractivity contribution in [3.8, 4) is 0 Å². The number of nitrogens with zero attached hydrogens (tertiary/aromatic N) is 3. The van der Waals surface area contributed by atoms with Gasteiger partial charge in [0.25, 0.3) is 5.91 Å². The fourth-order valence-electron chi connectivity index (χ4n) is 2.18. The molecule has 2 aliphatic rings. The van der Waals surface area contributed by atoms with Crippen molar-refractivity contribution in [3.05, 3.63) is 0 Å². The molecule has 0 aromatic rings. The first kappa shape index (κ1) is 13.0. The molecule has 6 nitrogen and oxygen atoms in total. The van der Waals surface area contributed by atoms with Crippen molar-refractivity contribution in [1.29, 1.82) is 0 Å². The fraction of sp³-hybridized carbons (Fsp3) is 0.750. The van der Waals surface area contributed by atoms with E-state index in [-0.39, 0.29) is 24.0 Å². The summed E-state index contributed by atoms with van der Waals surface area (Å²) in [5, 5.41) is 5.32. The molecular weight excluding hydrogens is 234 g/mol. The average Bonchev–Trinajstić information content (AvgIpc) is 2.35. The van der Waals surface area contributed by atoms with Crippen LogP contribution in [0.3, 0.4) is 0 Å². The Kier molecular flexibility index (Phi) is 3.65. The highest BCUT2D eigenvalue weighted by Gasteiger charge is 2.32. The molecule has 2 rings (SSSR count). The van der Waals surface area contributed by atoms with Gasteiger partial charge in [-0.1, -0.05) is 0 Å². The van der Waals surface area contributed by atoms with Crippen molar-refractivity contribution in [1.82, 2.24) is 9.91 Å². The van der Waals surface area contributed by atoms with Gasteiger partial charge in [-0.15, -0.1) is 0 Å². The van der Waals surface area contributed by atoms with Crippen molar-refractivity contribution >= 4 is 17.5 Å². The maximum atomic E-state index is 12.4. The number of amides is 2. The minimum absolute atomic E-state index is 0.0463. The Morgan fingerprint density at radius 2 is 2.11 bits per heavy atom. The lowest BCUT2D eigenvalue weighted by Crippen LogP contribution is -2.53. The van der Waals surface area contributed by atoms with E-state index in [1.54, 1.807) is 11.9 Å². The quantitative estimate of drug-likeness (QED) is 0.672. The first-order valence-corrected chi connectivity index (χ1v) is 6.25. The summed E-state index contributed by atoms with van der Waals surface area (Å²) in [5.41, 5.74) is 0.470. The van der Waals surface area contributed by atoms with Gasteiger partial charge in [0.05, 0.1) is 18.8 Å². The predicted octanol–water partition coefficient (Wildman–Crippen LogP) is 0.230. The van der Waals surface area contributed by atoms with Gasteiger partial charge in [-0.3, -0.25) is 9.59 Å². The molecule has 0 radical (unpaired) electrons. The predicted molar refractivity (Wildman–Crippen MR) is 66.0 cm³/mol. The monoisotopic (exact) mass is 253 g/mol. The van der Waals surface area contributed by atoms with Crippen LogP contribution in [0.15, 0.2) is 5.10 Å². The molecule has 2 unspecified atom stereocenters. The van der Waals surface area contributed by atoms with E-state index in [9.17, 15) is 9.59 Å². The zero-order chi connectivity index (χ0) is 13.3. The molecule has 2 heterocycles. The number of hydrazone groups is 1. The first-order valence-electron chi connectivity index (χ1n) is 6.25. The molecule has 2 amide bonds. The Morgan fingerprint density at radius 3 is 2.78 bits per heavy atom.